The van der Waals surface area contributed by atoms with E-state index in [4.69, 9.17) is 4.74 Å². The van der Waals surface area contributed by atoms with Crippen molar-refractivity contribution in [3.05, 3.63) is 113 Å². The monoisotopic (exact) mass is 429 g/mol. The number of rotatable bonds is 4. The van der Waals surface area contributed by atoms with E-state index in [1.54, 1.807) is 49.6 Å². The Balaban J connectivity index is 1.64. The molecule has 160 valence electrons. The molecule has 32 heavy (non-hydrogen) atoms. The van der Waals surface area contributed by atoms with Crippen molar-refractivity contribution in [2.24, 2.45) is 0 Å². The fourth-order valence-corrected chi connectivity index (χ4v) is 4.05. The third kappa shape index (κ3) is 3.19. The minimum absolute atomic E-state index is 0.102. The lowest BCUT2D eigenvalue weighted by Gasteiger charge is -2.28. The van der Waals surface area contributed by atoms with Crippen molar-refractivity contribution in [1.29, 1.82) is 0 Å². The number of hydrogen-bond acceptors (Lipinski definition) is 5. The van der Waals surface area contributed by atoms with Crippen molar-refractivity contribution in [3.63, 3.8) is 0 Å². The van der Waals surface area contributed by atoms with Gasteiger partial charge >= 0.3 is 0 Å². The van der Waals surface area contributed by atoms with Gasteiger partial charge in [-0.25, -0.2) is 14.8 Å². The van der Waals surface area contributed by atoms with Gasteiger partial charge in [0.1, 0.15) is 23.0 Å². The van der Waals surface area contributed by atoms with Crippen LogP contribution >= 0.6 is 0 Å². The second-order valence-corrected chi connectivity index (χ2v) is 7.43. The maximum atomic E-state index is 14.8. The highest BCUT2D eigenvalue weighted by atomic mass is 19.1. The number of ether oxygens (including phenoxy) is 1. The molecule has 0 saturated heterocycles. The molecule has 0 spiro atoms. The van der Waals surface area contributed by atoms with Crippen LogP contribution in [0.2, 0.25) is 0 Å². The average molecular weight is 429 g/mol. The van der Waals surface area contributed by atoms with Crippen LogP contribution in [0.1, 0.15) is 22.7 Å². The molecule has 0 fully saturated rings. The van der Waals surface area contributed by atoms with E-state index < -0.39 is 17.8 Å². The lowest BCUT2D eigenvalue weighted by atomic mass is 9.93. The highest BCUT2D eigenvalue weighted by Gasteiger charge is 2.42. The van der Waals surface area contributed by atoms with Gasteiger partial charge in [-0.05, 0) is 29.3 Å². The van der Waals surface area contributed by atoms with Crippen LogP contribution in [0.15, 0.2) is 90.6 Å². The summed E-state index contributed by atoms with van der Waals surface area (Å²) in [7, 11) is 1.55. The Morgan fingerprint density at radius 2 is 1.66 bits per heavy atom. The van der Waals surface area contributed by atoms with Crippen molar-refractivity contribution in [2.45, 2.75) is 6.04 Å². The van der Waals surface area contributed by atoms with E-state index in [0.29, 0.717) is 28.3 Å². The molecule has 6 nitrogen and oxygen atoms in total. The quantitative estimate of drug-likeness (QED) is 0.582. The number of aliphatic hydroxyl groups excluding tert-OH is 1. The first-order chi connectivity index (χ1) is 15.6. The lowest BCUT2D eigenvalue weighted by Crippen LogP contribution is -2.46. The predicted octanol–water partition coefficient (Wildman–Crippen LogP) is 4.12. The lowest BCUT2D eigenvalue weighted by molar-refractivity contribution is -0.126. The van der Waals surface area contributed by atoms with E-state index in [1.165, 1.54) is 11.1 Å². The van der Waals surface area contributed by atoms with Gasteiger partial charge < -0.3 is 15.2 Å². The molecule has 3 N–H and O–H groups in total. The van der Waals surface area contributed by atoms with Crippen LogP contribution in [0.4, 0.5) is 4.39 Å². The van der Waals surface area contributed by atoms with Crippen LogP contribution in [0.3, 0.4) is 0 Å². The van der Waals surface area contributed by atoms with Crippen molar-refractivity contribution in [2.75, 3.05) is 7.11 Å². The number of hydrazine groups is 1. The number of halogens is 1. The summed E-state index contributed by atoms with van der Waals surface area (Å²) in [5.41, 5.74) is 5.54. The Labute approximate surface area is 184 Å². The summed E-state index contributed by atoms with van der Waals surface area (Å²) < 4.78 is 20.0. The van der Waals surface area contributed by atoms with E-state index in [2.05, 4.69) is 10.7 Å². The fourth-order valence-electron chi connectivity index (χ4n) is 4.05. The minimum atomic E-state index is -0.498. The van der Waals surface area contributed by atoms with Gasteiger partial charge in [0.2, 0.25) is 5.88 Å². The third-order valence-electron chi connectivity index (χ3n) is 5.59. The van der Waals surface area contributed by atoms with Crippen molar-refractivity contribution < 1.29 is 19.0 Å². The summed E-state index contributed by atoms with van der Waals surface area (Å²) in [5, 5.41) is 15.0. The Hall–Kier alpha value is -4.10. The molecule has 3 aromatic rings. The van der Waals surface area contributed by atoms with Gasteiger partial charge in [0.25, 0.3) is 5.91 Å². The normalized spacial score (nSPS) is 18.0. The van der Waals surface area contributed by atoms with Gasteiger partial charge in [0.05, 0.1) is 13.2 Å². The number of amides is 1. The first-order valence-electron chi connectivity index (χ1n) is 10.1. The van der Waals surface area contributed by atoms with Crippen LogP contribution in [-0.2, 0) is 4.79 Å². The number of nitrogens with zero attached hydrogens (tertiary/aromatic N) is 1. The van der Waals surface area contributed by atoms with Gasteiger partial charge in [0.15, 0.2) is 0 Å². The van der Waals surface area contributed by atoms with Crippen LogP contribution in [0, 0.1) is 5.82 Å². The number of fused-ring (bicyclic) bond motifs is 1. The molecular weight excluding hydrogens is 409 g/mol. The molecule has 1 atom stereocenters. The molecule has 2 aliphatic heterocycles. The molecule has 0 saturated carbocycles. The number of hydrogen-bond donors (Lipinski definition) is 3. The van der Waals surface area contributed by atoms with Crippen LogP contribution in [-0.4, -0.2) is 23.1 Å². The van der Waals surface area contributed by atoms with Crippen LogP contribution in [0.25, 0.3) is 11.1 Å². The number of methoxy groups -OCH3 is 1. The molecular formula is C25H20FN3O3. The SMILES string of the molecule is COc1ccc(C2=C(O)NC3=C(c4ccccc4F)C(c4ccccc4)NN3C2=O)cc1. The molecule has 0 radical (unpaired) electrons. The Morgan fingerprint density at radius 1 is 0.969 bits per heavy atom. The molecule has 2 aliphatic rings. The smallest absolute Gasteiger partial charge is 0.280 e. The minimum Gasteiger partial charge on any atom is -0.497 e. The fraction of sp³-hybridized carbons (Fsp3) is 0.0800. The highest BCUT2D eigenvalue weighted by Crippen LogP contribution is 2.42. The number of carbonyl (C=O) groups excluding carboxylic acids is 1. The molecule has 5 rings (SSSR count). The van der Waals surface area contributed by atoms with Gasteiger partial charge in [0, 0.05) is 11.1 Å². The second kappa shape index (κ2) is 7.86. The third-order valence-corrected chi connectivity index (χ3v) is 5.59. The summed E-state index contributed by atoms with van der Waals surface area (Å²) >= 11 is 0. The van der Waals surface area contributed by atoms with E-state index in [-0.39, 0.29) is 11.5 Å². The van der Waals surface area contributed by atoms with E-state index >= 15 is 0 Å². The molecule has 7 heteroatoms. The van der Waals surface area contributed by atoms with Crippen molar-refractivity contribution in [3.8, 4) is 5.75 Å². The van der Waals surface area contributed by atoms with Gasteiger partial charge in [-0.3, -0.25) is 4.79 Å². The summed E-state index contributed by atoms with van der Waals surface area (Å²) in [6.45, 7) is 0. The molecule has 1 amide bonds. The zero-order valence-corrected chi connectivity index (χ0v) is 17.2. The Bertz CT molecular complexity index is 1250. The zero-order chi connectivity index (χ0) is 22.2. The largest absolute Gasteiger partial charge is 0.497 e. The summed E-state index contributed by atoms with van der Waals surface area (Å²) in [6.07, 6.45) is 0. The number of benzene rings is 3. The van der Waals surface area contributed by atoms with Gasteiger partial charge in [-0.2, -0.15) is 0 Å². The van der Waals surface area contributed by atoms with Crippen LogP contribution < -0.4 is 15.5 Å². The topological polar surface area (TPSA) is 73.8 Å². The summed E-state index contributed by atoms with van der Waals surface area (Å²) in [6, 6.07) is 22.1. The summed E-state index contributed by atoms with van der Waals surface area (Å²) in [4.78, 5) is 13.5. The van der Waals surface area contributed by atoms with E-state index in [1.807, 2.05) is 30.3 Å². The van der Waals surface area contributed by atoms with Gasteiger partial charge in [-0.1, -0.05) is 60.7 Å². The summed E-state index contributed by atoms with van der Waals surface area (Å²) in [5.74, 6) is -0.234. The first kappa shape index (κ1) is 19.8. The average Bonchev–Trinajstić information content (AvgIpc) is 3.20. The van der Waals surface area contributed by atoms with Crippen molar-refractivity contribution >= 4 is 17.1 Å². The molecule has 1 unspecified atom stereocenters. The second-order valence-electron chi connectivity index (χ2n) is 7.43. The predicted molar refractivity (Wildman–Crippen MR) is 118 cm³/mol. The standard InChI is InChI=1S/C25H20FN3O3/c1-32-17-13-11-15(12-14-17)20-24(30)27-23-21(18-9-5-6-10-19(18)26)22(28-29(23)25(20)31)16-7-3-2-4-8-16/h2-14,22,27-28,30H,1H3. The Kier molecular flexibility index (Phi) is 4.88. The first-order valence-corrected chi connectivity index (χ1v) is 10.1. The molecule has 3 aromatic carbocycles. The maximum absolute atomic E-state index is 14.8. The van der Waals surface area contributed by atoms with Crippen molar-refractivity contribution in [1.82, 2.24) is 15.8 Å². The molecule has 0 aromatic heterocycles. The van der Waals surface area contributed by atoms with Gasteiger partial charge in [-0.15, -0.1) is 0 Å². The Morgan fingerprint density at radius 3 is 2.34 bits per heavy atom. The van der Waals surface area contributed by atoms with Crippen LogP contribution in [0.5, 0.6) is 5.75 Å². The molecule has 2 heterocycles. The number of carbonyl (C=O) groups is 1. The van der Waals surface area contributed by atoms with E-state index in [9.17, 15) is 14.3 Å². The number of aliphatic hydroxyl groups is 1. The number of nitrogens with one attached hydrogen (secondary N) is 2. The molecule has 0 aliphatic carbocycles. The maximum Gasteiger partial charge on any atom is 0.280 e. The molecule has 0 bridgehead atoms. The zero-order valence-electron chi connectivity index (χ0n) is 17.2. The highest BCUT2D eigenvalue weighted by molar-refractivity contribution is 6.21. The van der Waals surface area contributed by atoms with E-state index in [0.717, 1.165) is 5.56 Å².